The van der Waals surface area contributed by atoms with Gasteiger partial charge in [-0.2, -0.15) is 0 Å². The topological polar surface area (TPSA) is 43.9 Å². The molecule has 2 heterocycles. The van der Waals surface area contributed by atoms with E-state index in [2.05, 4.69) is 9.97 Å². The van der Waals surface area contributed by atoms with Gasteiger partial charge in [0.1, 0.15) is 17.6 Å². The van der Waals surface area contributed by atoms with E-state index >= 15 is 0 Å². The van der Waals surface area contributed by atoms with Crippen molar-refractivity contribution in [1.29, 1.82) is 0 Å². The predicted octanol–water partition coefficient (Wildman–Crippen LogP) is 4.90. The van der Waals surface area contributed by atoms with Gasteiger partial charge in [-0.05, 0) is 32.9 Å². The van der Waals surface area contributed by atoms with Crippen molar-refractivity contribution >= 4 is 34.2 Å². The summed E-state index contributed by atoms with van der Waals surface area (Å²) in [6.07, 6.45) is 1.70. The van der Waals surface area contributed by atoms with Crippen LogP contribution in [0.1, 0.15) is 42.7 Å². The maximum absolute atomic E-state index is 6.36. The molecule has 0 spiro atoms. The minimum absolute atomic E-state index is 0.139. The Morgan fingerprint density at radius 3 is 2.67 bits per heavy atom. The number of aromatic nitrogens is 3. The van der Waals surface area contributed by atoms with E-state index in [4.69, 9.17) is 27.6 Å². The van der Waals surface area contributed by atoms with Crippen molar-refractivity contribution in [1.82, 2.24) is 14.5 Å². The molecule has 4 nitrogen and oxygen atoms in total. The molecule has 110 valence electrons. The van der Waals surface area contributed by atoms with Crippen molar-refractivity contribution in [2.75, 3.05) is 0 Å². The zero-order chi connectivity index (χ0) is 15.1. The minimum Gasteiger partial charge on any atom is -0.444 e. The zero-order valence-corrected chi connectivity index (χ0v) is 13.5. The molecule has 0 aliphatic carbocycles. The van der Waals surface area contributed by atoms with E-state index in [1.807, 2.05) is 43.5 Å². The lowest BCUT2D eigenvalue weighted by molar-refractivity contribution is 0.414. The SMILES string of the molecule is Cc1cnc(C(C)n2c(C(C)Cl)nc3cccc(Cl)c32)o1. The molecule has 0 aliphatic heterocycles. The van der Waals surface area contributed by atoms with Crippen LogP contribution in [0.25, 0.3) is 11.0 Å². The number of para-hydroxylation sites is 1. The monoisotopic (exact) mass is 323 g/mol. The van der Waals surface area contributed by atoms with Crippen LogP contribution < -0.4 is 0 Å². The maximum atomic E-state index is 6.36. The molecule has 0 fully saturated rings. The van der Waals surface area contributed by atoms with Gasteiger partial charge < -0.3 is 8.98 Å². The van der Waals surface area contributed by atoms with Gasteiger partial charge in [-0.25, -0.2) is 9.97 Å². The number of hydrogen-bond acceptors (Lipinski definition) is 3. The molecule has 0 radical (unpaired) electrons. The van der Waals surface area contributed by atoms with Gasteiger partial charge in [0, 0.05) is 0 Å². The summed E-state index contributed by atoms with van der Waals surface area (Å²) in [6.45, 7) is 5.76. The summed E-state index contributed by atoms with van der Waals surface area (Å²) in [5, 5.41) is 0.394. The van der Waals surface area contributed by atoms with E-state index in [1.54, 1.807) is 6.20 Å². The van der Waals surface area contributed by atoms with E-state index in [0.29, 0.717) is 10.9 Å². The third kappa shape index (κ3) is 2.43. The summed E-state index contributed by atoms with van der Waals surface area (Å²) < 4.78 is 7.65. The molecule has 2 aromatic heterocycles. The Hall–Kier alpha value is -1.52. The number of benzene rings is 1. The molecule has 3 rings (SSSR count). The van der Waals surface area contributed by atoms with Crippen LogP contribution in [-0.2, 0) is 0 Å². The first-order valence-corrected chi connectivity index (χ1v) is 7.53. The largest absolute Gasteiger partial charge is 0.444 e. The number of oxazole rings is 1. The van der Waals surface area contributed by atoms with Crippen LogP contribution in [0.3, 0.4) is 0 Å². The molecule has 6 heteroatoms. The standard InChI is InChI=1S/C15H15Cl2N3O/c1-8-7-18-15(21-8)10(3)20-13-11(17)5-4-6-12(13)19-14(20)9(2)16/h4-7,9-10H,1-3H3. The molecule has 0 saturated heterocycles. The van der Waals surface area contributed by atoms with Gasteiger partial charge in [-0.15, -0.1) is 11.6 Å². The van der Waals surface area contributed by atoms with Gasteiger partial charge in [-0.3, -0.25) is 0 Å². The average Bonchev–Trinajstić information content (AvgIpc) is 3.02. The van der Waals surface area contributed by atoms with Crippen LogP contribution in [0, 0.1) is 6.92 Å². The lowest BCUT2D eigenvalue weighted by Gasteiger charge is -2.16. The molecule has 0 saturated carbocycles. The van der Waals surface area contributed by atoms with Crippen molar-refractivity contribution in [3.05, 3.63) is 46.9 Å². The molecule has 1 aromatic carbocycles. The normalized spacial score (nSPS) is 14.5. The lowest BCUT2D eigenvalue weighted by Crippen LogP contribution is -2.11. The first kappa shape index (κ1) is 14.4. The fourth-order valence-electron chi connectivity index (χ4n) is 2.47. The van der Waals surface area contributed by atoms with E-state index in [0.717, 1.165) is 22.6 Å². The van der Waals surface area contributed by atoms with Gasteiger partial charge in [0.25, 0.3) is 0 Å². The van der Waals surface area contributed by atoms with Crippen molar-refractivity contribution < 1.29 is 4.42 Å². The number of alkyl halides is 1. The Morgan fingerprint density at radius 1 is 1.29 bits per heavy atom. The second-order valence-electron chi connectivity index (χ2n) is 5.05. The number of imidazole rings is 1. The van der Waals surface area contributed by atoms with Crippen LogP contribution in [-0.4, -0.2) is 14.5 Å². The van der Waals surface area contributed by atoms with Crippen LogP contribution in [0.15, 0.2) is 28.8 Å². The number of aryl methyl sites for hydroxylation is 1. The van der Waals surface area contributed by atoms with Crippen LogP contribution in [0.5, 0.6) is 0 Å². The molecule has 2 atom stereocenters. The number of halogens is 2. The quantitative estimate of drug-likeness (QED) is 0.644. The van der Waals surface area contributed by atoms with E-state index in [1.165, 1.54) is 0 Å². The molecule has 0 N–H and O–H groups in total. The second-order valence-corrected chi connectivity index (χ2v) is 6.11. The number of hydrogen-bond donors (Lipinski definition) is 0. The third-order valence-corrected chi connectivity index (χ3v) is 3.93. The summed E-state index contributed by atoms with van der Waals surface area (Å²) in [4.78, 5) is 8.91. The molecular formula is C15H15Cl2N3O. The summed E-state index contributed by atoms with van der Waals surface area (Å²) in [7, 11) is 0. The highest BCUT2D eigenvalue weighted by Gasteiger charge is 2.24. The molecule has 0 amide bonds. The fourth-order valence-corrected chi connectivity index (χ4v) is 2.89. The molecule has 0 bridgehead atoms. The van der Waals surface area contributed by atoms with Gasteiger partial charge in [0.05, 0.1) is 27.6 Å². The molecule has 3 aromatic rings. The highest BCUT2D eigenvalue weighted by atomic mass is 35.5. The second kappa shape index (κ2) is 5.35. The molecule has 2 unspecified atom stereocenters. The van der Waals surface area contributed by atoms with Gasteiger partial charge in [0.2, 0.25) is 5.89 Å². The average molecular weight is 324 g/mol. The maximum Gasteiger partial charge on any atom is 0.217 e. The summed E-state index contributed by atoms with van der Waals surface area (Å²) >= 11 is 12.7. The highest BCUT2D eigenvalue weighted by Crippen LogP contribution is 2.34. The summed E-state index contributed by atoms with van der Waals surface area (Å²) in [6, 6.07) is 5.51. The molecule has 21 heavy (non-hydrogen) atoms. The van der Waals surface area contributed by atoms with Crippen LogP contribution in [0.4, 0.5) is 0 Å². The first-order chi connectivity index (χ1) is 9.99. The first-order valence-electron chi connectivity index (χ1n) is 6.71. The highest BCUT2D eigenvalue weighted by molar-refractivity contribution is 6.35. The molecule has 0 aliphatic rings. The van der Waals surface area contributed by atoms with Crippen molar-refractivity contribution in [3.8, 4) is 0 Å². The Balaban J connectivity index is 2.26. The summed E-state index contributed by atoms with van der Waals surface area (Å²) in [5.41, 5.74) is 1.67. The van der Waals surface area contributed by atoms with E-state index < -0.39 is 0 Å². The third-order valence-electron chi connectivity index (χ3n) is 3.43. The van der Waals surface area contributed by atoms with E-state index in [-0.39, 0.29) is 11.4 Å². The zero-order valence-electron chi connectivity index (χ0n) is 12.0. The van der Waals surface area contributed by atoms with Crippen molar-refractivity contribution in [3.63, 3.8) is 0 Å². The van der Waals surface area contributed by atoms with Gasteiger partial charge >= 0.3 is 0 Å². The number of nitrogens with zero attached hydrogens (tertiary/aromatic N) is 3. The lowest BCUT2D eigenvalue weighted by atomic mass is 10.2. The van der Waals surface area contributed by atoms with E-state index in [9.17, 15) is 0 Å². The van der Waals surface area contributed by atoms with Gasteiger partial charge in [0.15, 0.2) is 0 Å². The Morgan fingerprint density at radius 2 is 2.05 bits per heavy atom. The Bertz CT molecular complexity index is 791. The molecular weight excluding hydrogens is 309 g/mol. The number of fused-ring (bicyclic) bond motifs is 1. The van der Waals surface area contributed by atoms with Crippen molar-refractivity contribution in [2.45, 2.75) is 32.2 Å². The van der Waals surface area contributed by atoms with Crippen LogP contribution >= 0.6 is 23.2 Å². The smallest absolute Gasteiger partial charge is 0.217 e. The Kier molecular flexibility index (Phi) is 3.68. The fraction of sp³-hybridized carbons (Fsp3) is 0.333. The summed E-state index contributed by atoms with van der Waals surface area (Å²) in [5.74, 6) is 2.14. The van der Waals surface area contributed by atoms with Gasteiger partial charge in [-0.1, -0.05) is 17.7 Å². The minimum atomic E-state index is -0.244. The predicted molar refractivity (Wildman–Crippen MR) is 84.1 cm³/mol. The number of rotatable bonds is 3. The van der Waals surface area contributed by atoms with Crippen molar-refractivity contribution in [2.24, 2.45) is 0 Å². The van der Waals surface area contributed by atoms with Crippen LogP contribution in [0.2, 0.25) is 5.02 Å². The Labute approximate surface area is 132 Å².